The second-order valence-corrected chi connectivity index (χ2v) is 5.02. The Kier molecular flexibility index (Phi) is 4.74. The second kappa shape index (κ2) is 5.64. The van der Waals surface area contributed by atoms with Crippen molar-refractivity contribution in [3.8, 4) is 0 Å². The lowest BCUT2D eigenvalue weighted by atomic mass is 9.77. The number of aliphatic carboxylic acids is 1. The molecule has 1 aliphatic heterocycles. The number of epoxide rings is 1. The Balaban J connectivity index is 0.000000280. The zero-order valence-electron chi connectivity index (χ0n) is 10.1. The fourth-order valence-corrected chi connectivity index (χ4v) is 2.31. The number of hydrogen-bond donors (Lipinski definition) is 2. The van der Waals surface area contributed by atoms with Gasteiger partial charge in [0.15, 0.2) is 0 Å². The summed E-state index contributed by atoms with van der Waals surface area (Å²) in [6.45, 7) is 4.64. The number of carboxylic acids is 1. The molecule has 4 heteroatoms. The van der Waals surface area contributed by atoms with Crippen LogP contribution in [-0.2, 0) is 9.53 Å². The van der Waals surface area contributed by atoms with Gasteiger partial charge in [-0.05, 0) is 44.4 Å². The molecule has 2 rings (SSSR count). The molecule has 0 radical (unpaired) electrons. The van der Waals surface area contributed by atoms with Gasteiger partial charge < -0.3 is 14.9 Å². The summed E-state index contributed by atoms with van der Waals surface area (Å²) in [4.78, 5) is 9.00. The van der Waals surface area contributed by atoms with Gasteiger partial charge in [-0.3, -0.25) is 4.79 Å². The smallest absolute Gasteiger partial charge is 0.300 e. The summed E-state index contributed by atoms with van der Waals surface area (Å²) in [5.74, 6) is 0.504. The lowest BCUT2D eigenvalue weighted by Crippen LogP contribution is -2.27. The van der Waals surface area contributed by atoms with E-state index in [0.717, 1.165) is 19.4 Å². The summed E-state index contributed by atoms with van der Waals surface area (Å²) in [6.07, 6.45) is 4.89. The van der Waals surface area contributed by atoms with E-state index in [1.807, 2.05) is 0 Å². The highest BCUT2D eigenvalue weighted by atomic mass is 16.6. The van der Waals surface area contributed by atoms with Crippen LogP contribution in [0.5, 0.6) is 0 Å². The third-order valence-electron chi connectivity index (χ3n) is 3.57. The molecule has 0 aromatic rings. The maximum atomic E-state index is 9.00. The van der Waals surface area contributed by atoms with Crippen LogP contribution in [0.4, 0.5) is 0 Å². The number of aliphatic hydroxyl groups excluding tert-OH is 1. The van der Waals surface area contributed by atoms with E-state index in [2.05, 4.69) is 6.92 Å². The second-order valence-electron chi connectivity index (χ2n) is 5.02. The van der Waals surface area contributed by atoms with Crippen LogP contribution < -0.4 is 0 Å². The summed E-state index contributed by atoms with van der Waals surface area (Å²) in [5, 5.41) is 16.4. The molecular formula is C12H22O4. The van der Waals surface area contributed by atoms with Crippen LogP contribution in [0.3, 0.4) is 0 Å². The summed E-state index contributed by atoms with van der Waals surface area (Å²) < 4.78 is 5.44. The van der Waals surface area contributed by atoms with E-state index in [1.54, 1.807) is 0 Å². The van der Waals surface area contributed by atoms with Crippen molar-refractivity contribution in [1.29, 1.82) is 0 Å². The highest BCUT2D eigenvalue weighted by Crippen LogP contribution is 2.43. The van der Waals surface area contributed by atoms with Gasteiger partial charge in [0.1, 0.15) is 0 Å². The lowest BCUT2D eigenvalue weighted by molar-refractivity contribution is -0.134. The maximum absolute atomic E-state index is 9.00. The van der Waals surface area contributed by atoms with Gasteiger partial charge in [-0.2, -0.15) is 0 Å². The molecule has 2 fully saturated rings. The van der Waals surface area contributed by atoms with Gasteiger partial charge in [0, 0.05) is 13.5 Å². The Morgan fingerprint density at radius 3 is 2.12 bits per heavy atom. The summed E-state index contributed by atoms with van der Waals surface area (Å²) in [5.41, 5.74) is 0.223. The Labute approximate surface area is 96.6 Å². The van der Waals surface area contributed by atoms with Gasteiger partial charge in [-0.15, -0.1) is 0 Å². The van der Waals surface area contributed by atoms with E-state index >= 15 is 0 Å². The third-order valence-corrected chi connectivity index (χ3v) is 3.57. The van der Waals surface area contributed by atoms with Crippen molar-refractivity contribution in [2.75, 3.05) is 13.2 Å². The van der Waals surface area contributed by atoms with E-state index in [4.69, 9.17) is 19.7 Å². The molecular weight excluding hydrogens is 208 g/mol. The first kappa shape index (κ1) is 13.5. The average molecular weight is 230 g/mol. The standard InChI is InChI=1S/C10H18O2.C2H4O2/c1-10(7-12-10)9-4-2-8(6-11)3-5-9;1-2(3)4/h8-9,11H,2-7H2,1H3;1H3,(H,3,4). The van der Waals surface area contributed by atoms with E-state index < -0.39 is 5.97 Å². The molecule has 0 bridgehead atoms. The lowest BCUT2D eigenvalue weighted by Gasteiger charge is -2.29. The van der Waals surface area contributed by atoms with Crippen LogP contribution >= 0.6 is 0 Å². The van der Waals surface area contributed by atoms with Crippen LogP contribution in [-0.4, -0.2) is 35.0 Å². The van der Waals surface area contributed by atoms with Gasteiger partial charge in [0.2, 0.25) is 0 Å². The van der Waals surface area contributed by atoms with Crippen molar-refractivity contribution in [3.63, 3.8) is 0 Å². The van der Waals surface area contributed by atoms with Crippen molar-refractivity contribution < 1.29 is 19.7 Å². The first-order valence-corrected chi connectivity index (χ1v) is 5.92. The minimum absolute atomic E-state index is 0.223. The fraction of sp³-hybridized carbons (Fsp3) is 0.917. The van der Waals surface area contributed by atoms with E-state index in [0.29, 0.717) is 12.5 Å². The molecule has 4 nitrogen and oxygen atoms in total. The highest BCUT2D eigenvalue weighted by Gasteiger charge is 2.47. The predicted octanol–water partition coefficient (Wildman–Crippen LogP) is 1.66. The topological polar surface area (TPSA) is 70.1 Å². The fourth-order valence-electron chi connectivity index (χ4n) is 2.31. The van der Waals surface area contributed by atoms with E-state index in [9.17, 15) is 0 Å². The van der Waals surface area contributed by atoms with Crippen LogP contribution in [0.25, 0.3) is 0 Å². The highest BCUT2D eigenvalue weighted by molar-refractivity contribution is 5.62. The van der Waals surface area contributed by atoms with Crippen LogP contribution in [0.1, 0.15) is 39.5 Å². The Hall–Kier alpha value is -0.610. The molecule has 1 aliphatic carbocycles. The molecule has 1 saturated heterocycles. The molecule has 0 spiro atoms. The van der Waals surface area contributed by atoms with Crippen molar-refractivity contribution in [1.82, 2.24) is 0 Å². The molecule has 16 heavy (non-hydrogen) atoms. The minimum atomic E-state index is -0.833. The molecule has 1 atom stereocenters. The average Bonchev–Trinajstić information content (AvgIpc) is 2.97. The molecule has 1 heterocycles. The van der Waals surface area contributed by atoms with Crippen molar-refractivity contribution in [2.24, 2.45) is 11.8 Å². The minimum Gasteiger partial charge on any atom is -0.481 e. The maximum Gasteiger partial charge on any atom is 0.300 e. The third kappa shape index (κ3) is 4.10. The van der Waals surface area contributed by atoms with Crippen LogP contribution in [0.15, 0.2) is 0 Å². The number of ether oxygens (including phenoxy) is 1. The summed E-state index contributed by atoms with van der Waals surface area (Å²) in [7, 11) is 0. The molecule has 1 saturated carbocycles. The Bertz CT molecular complexity index is 223. The SMILES string of the molecule is CC(=O)O.CC1(C2CCC(CO)CC2)CO1. The van der Waals surface area contributed by atoms with Gasteiger partial charge in [-0.1, -0.05) is 0 Å². The van der Waals surface area contributed by atoms with Crippen molar-refractivity contribution in [3.05, 3.63) is 0 Å². The van der Waals surface area contributed by atoms with Crippen LogP contribution in [0, 0.1) is 11.8 Å². The number of carbonyl (C=O) groups is 1. The monoisotopic (exact) mass is 230 g/mol. The van der Waals surface area contributed by atoms with Gasteiger partial charge >= 0.3 is 0 Å². The van der Waals surface area contributed by atoms with E-state index in [1.165, 1.54) is 25.7 Å². The number of hydrogen-bond acceptors (Lipinski definition) is 3. The molecule has 1 unspecified atom stereocenters. The molecule has 2 N–H and O–H groups in total. The molecule has 2 aliphatic rings. The number of carboxylic acid groups (broad SMARTS) is 1. The Morgan fingerprint density at radius 1 is 1.38 bits per heavy atom. The summed E-state index contributed by atoms with van der Waals surface area (Å²) in [6, 6.07) is 0. The number of rotatable bonds is 2. The molecule has 0 amide bonds. The number of aliphatic hydroxyl groups is 1. The van der Waals surface area contributed by atoms with Crippen molar-refractivity contribution >= 4 is 5.97 Å². The molecule has 94 valence electrons. The molecule has 0 aromatic carbocycles. The van der Waals surface area contributed by atoms with Gasteiger partial charge in [0.05, 0.1) is 12.2 Å². The first-order chi connectivity index (χ1) is 7.48. The van der Waals surface area contributed by atoms with Crippen molar-refractivity contribution in [2.45, 2.75) is 45.1 Å². The quantitative estimate of drug-likeness (QED) is 0.708. The Morgan fingerprint density at radius 2 is 1.81 bits per heavy atom. The predicted molar refractivity (Wildman–Crippen MR) is 60.2 cm³/mol. The molecule has 0 aromatic heterocycles. The normalized spacial score (nSPS) is 37.2. The largest absolute Gasteiger partial charge is 0.481 e. The van der Waals surface area contributed by atoms with E-state index in [-0.39, 0.29) is 5.60 Å². The van der Waals surface area contributed by atoms with Gasteiger partial charge in [0.25, 0.3) is 5.97 Å². The summed E-state index contributed by atoms with van der Waals surface area (Å²) >= 11 is 0. The first-order valence-electron chi connectivity index (χ1n) is 5.92. The zero-order chi connectivity index (χ0) is 12.2. The van der Waals surface area contributed by atoms with Crippen LogP contribution in [0.2, 0.25) is 0 Å². The zero-order valence-corrected chi connectivity index (χ0v) is 10.1. The van der Waals surface area contributed by atoms with Gasteiger partial charge in [-0.25, -0.2) is 0 Å².